The number of carboxylic acids is 1. The summed E-state index contributed by atoms with van der Waals surface area (Å²) in [5.41, 5.74) is 3.93. The normalized spacial score (nSPS) is 13.4. The molecule has 8 heteroatoms. The van der Waals surface area contributed by atoms with Crippen molar-refractivity contribution >= 4 is 18.2 Å². The number of amides is 2. The van der Waals surface area contributed by atoms with Crippen LogP contribution in [0.15, 0.2) is 48.5 Å². The van der Waals surface area contributed by atoms with E-state index in [4.69, 9.17) is 9.47 Å². The van der Waals surface area contributed by atoms with Gasteiger partial charge < -0.3 is 19.9 Å². The molecule has 188 valence electrons. The summed E-state index contributed by atoms with van der Waals surface area (Å²) in [4.78, 5) is 37.2. The zero-order valence-electron chi connectivity index (χ0n) is 20.7. The number of aliphatic carboxylic acids is 1. The van der Waals surface area contributed by atoms with Gasteiger partial charge >= 0.3 is 18.2 Å². The van der Waals surface area contributed by atoms with E-state index in [1.54, 1.807) is 20.8 Å². The molecule has 0 fully saturated rings. The van der Waals surface area contributed by atoms with E-state index in [9.17, 15) is 19.5 Å². The van der Waals surface area contributed by atoms with Crippen LogP contribution in [0.1, 0.15) is 57.1 Å². The number of carboxylic acid groups (broad SMARTS) is 1. The van der Waals surface area contributed by atoms with Gasteiger partial charge in [-0.05, 0) is 62.3 Å². The van der Waals surface area contributed by atoms with Crippen molar-refractivity contribution in [3.63, 3.8) is 0 Å². The number of unbranched alkanes of at least 4 members (excludes halogenated alkanes) is 1. The fourth-order valence-electron chi connectivity index (χ4n) is 4.25. The van der Waals surface area contributed by atoms with Gasteiger partial charge in [0.1, 0.15) is 18.2 Å². The predicted molar refractivity (Wildman–Crippen MR) is 132 cm³/mol. The molecule has 3 rings (SSSR count). The summed E-state index contributed by atoms with van der Waals surface area (Å²) < 4.78 is 10.8. The Labute approximate surface area is 206 Å². The lowest BCUT2D eigenvalue weighted by molar-refractivity contribution is -0.143. The zero-order chi connectivity index (χ0) is 25.6. The van der Waals surface area contributed by atoms with Crippen LogP contribution in [-0.4, -0.2) is 60.0 Å². The number of carbonyl (C=O) groups excluding carboxylic acids is 2. The summed E-state index contributed by atoms with van der Waals surface area (Å²) in [5.74, 6) is -1.10. The number of nitrogens with zero attached hydrogens (tertiary/aromatic N) is 1. The van der Waals surface area contributed by atoms with Gasteiger partial charge in [0.25, 0.3) is 0 Å². The van der Waals surface area contributed by atoms with E-state index in [2.05, 4.69) is 29.6 Å². The van der Waals surface area contributed by atoms with Gasteiger partial charge in [0, 0.05) is 19.5 Å². The molecule has 0 unspecified atom stereocenters. The van der Waals surface area contributed by atoms with Gasteiger partial charge in [-0.3, -0.25) is 4.90 Å². The zero-order valence-corrected chi connectivity index (χ0v) is 20.7. The number of likely N-dealkylation sites (N-methyl/N-ethyl adjacent to an activating group) is 1. The Balaban J connectivity index is 1.42. The number of fused-ring (bicyclic) bond motifs is 3. The number of alkyl carbamates (subject to hydrolysis) is 1. The Morgan fingerprint density at radius 3 is 2.11 bits per heavy atom. The highest BCUT2D eigenvalue weighted by Gasteiger charge is 2.30. The van der Waals surface area contributed by atoms with E-state index in [0.29, 0.717) is 19.4 Å². The molecule has 0 aliphatic heterocycles. The first-order valence-electron chi connectivity index (χ1n) is 11.9. The van der Waals surface area contributed by atoms with Crippen LogP contribution in [0.3, 0.4) is 0 Å². The Hall–Kier alpha value is -3.55. The summed E-state index contributed by atoms with van der Waals surface area (Å²) in [7, 11) is 1.42. The monoisotopic (exact) mass is 482 g/mol. The Morgan fingerprint density at radius 2 is 1.57 bits per heavy atom. The van der Waals surface area contributed by atoms with Gasteiger partial charge in [0.05, 0.1) is 0 Å². The molecule has 0 bridgehead atoms. The lowest BCUT2D eigenvalue weighted by Crippen LogP contribution is -2.44. The molecule has 0 spiro atoms. The molecule has 8 nitrogen and oxygen atoms in total. The van der Waals surface area contributed by atoms with Crippen LogP contribution in [0.4, 0.5) is 9.59 Å². The molecule has 0 heterocycles. The minimum atomic E-state index is -1.09. The number of rotatable bonds is 9. The summed E-state index contributed by atoms with van der Waals surface area (Å²) >= 11 is 0. The third-order valence-corrected chi connectivity index (χ3v) is 5.95. The van der Waals surface area contributed by atoms with Crippen LogP contribution < -0.4 is 5.32 Å². The van der Waals surface area contributed by atoms with Crippen molar-refractivity contribution in [1.29, 1.82) is 0 Å². The van der Waals surface area contributed by atoms with Gasteiger partial charge in [-0.15, -0.1) is 0 Å². The average molecular weight is 483 g/mol. The number of hydrogen-bond donors (Lipinski definition) is 2. The number of nitrogens with one attached hydrogen (secondary N) is 1. The molecule has 2 aromatic carbocycles. The molecule has 0 radical (unpaired) electrons. The smallest absolute Gasteiger partial charge is 0.410 e. The highest BCUT2D eigenvalue weighted by Crippen LogP contribution is 2.44. The SMILES string of the molecule is CN(C(=O)OC(C)(C)C)[C@H](CCCCNC(=O)OCC1c2ccccc2-c2ccccc21)C(=O)O. The van der Waals surface area contributed by atoms with Gasteiger partial charge in [-0.25, -0.2) is 14.4 Å². The third kappa shape index (κ3) is 6.74. The average Bonchev–Trinajstić information content (AvgIpc) is 3.12. The number of ether oxygens (including phenoxy) is 2. The molecular formula is C27H34N2O6. The van der Waals surface area contributed by atoms with Crippen molar-refractivity contribution < 1.29 is 29.0 Å². The third-order valence-electron chi connectivity index (χ3n) is 5.95. The lowest BCUT2D eigenvalue weighted by atomic mass is 9.98. The van der Waals surface area contributed by atoms with Crippen LogP contribution in [-0.2, 0) is 14.3 Å². The van der Waals surface area contributed by atoms with Gasteiger partial charge in [-0.2, -0.15) is 0 Å². The largest absolute Gasteiger partial charge is 0.480 e. The molecule has 2 N–H and O–H groups in total. The van der Waals surface area contributed by atoms with Crippen LogP contribution in [0.2, 0.25) is 0 Å². The van der Waals surface area contributed by atoms with Crippen molar-refractivity contribution in [2.24, 2.45) is 0 Å². The van der Waals surface area contributed by atoms with Crippen molar-refractivity contribution in [3.8, 4) is 11.1 Å². The number of carbonyl (C=O) groups is 3. The molecule has 0 saturated carbocycles. The summed E-state index contributed by atoms with van der Waals surface area (Å²) in [6.07, 6.45) is 0.121. The van der Waals surface area contributed by atoms with E-state index < -0.39 is 29.8 Å². The van der Waals surface area contributed by atoms with Crippen molar-refractivity contribution in [1.82, 2.24) is 10.2 Å². The van der Waals surface area contributed by atoms with Crippen LogP contribution >= 0.6 is 0 Å². The Bertz CT molecular complexity index is 1020. The first-order chi connectivity index (χ1) is 16.6. The highest BCUT2D eigenvalue weighted by molar-refractivity contribution is 5.80. The van der Waals surface area contributed by atoms with Crippen molar-refractivity contribution in [2.75, 3.05) is 20.2 Å². The second-order valence-corrected chi connectivity index (χ2v) is 9.69. The van der Waals surface area contributed by atoms with E-state index >= 15 is 0 Å². The molecule has 2 aromatic rings. The first-order valence-corrected chi connectivity index (χ1v) is 11.9. The molecule has 1 atom stereocenters. The number of hydrogen-bond acceptors (Lipinski definition) is 5. The molecule has 0 saturated heterocycles. The maximum atomic E-state index is 12.3. The first kappa shape index (κ1) is 26.1. The standard InChI is InChI=1S/C27H34N2O6/c1-27(2,3)35-26(33)29(4)23(24(30)31)15-9-10-16-28-25(32)34-17-22-20-13-7-5-11-18(20)19-12-6-8-14-21(19)22/h5-8,11-14,22-23H,9-10,15-17H2,1-4H3,(H,28,32)(H,30,31)/t23-/m1/s1. The van der Waals surface area contributed by atoms with E-state index in [0.717, 1.165) is 16.0 Å². The molecule has 0 aromatic heterocycles. The summed E-state index contributed by atoms with van der Waals surface area (Å²) in [5, 5.41) is 12.2. The molecule has 1 aliphatic rings. The minimum absolute atomic E-state index is 0.00661. The van der Waals surface area contributed by atoms with Gasteiger partial charge in [-0.1, -0.05) is 48.5 Å². The van der Waals surface area contributed by atoms with Crippen LogP contribution in [0, 0.1) is 0 Å². The summed E-state index contributed by atoms with van der Waals surface area (Å²) in [6.45, 7) is 5.76. The second-order valence-electron chi connectivity index (χ2n) is 9.69. The lowest BCUT2D eigenvalue weighted by Gasteiger charge is -2.28. The van der Waals surface area contributed by atoms with Gasteiger partial charge in [0.15, 0.2) is 0 Å². The maximum Gasteiger partial charge on any atom is 0.410 e. The summed E-state index contributed by atoms with van der Waals surface area (Å²) in [6, 6.07) is 15.3. The van der Waals surface area contributed by atoms with Crippen LogP contribution in [0.5, 0.6) is 0 Å². The van der Waals surface area contributed by atoms with Gasteiger partial charge in [0.2, 0.25) is 0 Å². The topological polar surface area (TPSA) is 105 Å². The van der Waals surface area contributed by atoms with Crippen molar-refractivity contribution in [3.05, 3.63) is 59.7 Å². The molecule has 35 heavy (non-hydrogen) atoms. The maximum absolute atomic E-state index is 12.3. The highest BCUT2D eigenvalue weighted by atomic mass is 16.6. The molecule has 1 aliphatic carbocycles. The fraction of sp³-hybridized carbons (Fsp3) is 0.444. The Morgan fingerprint density at radius 1 is 1.00 bits per heavy atom. The van der Waals surface area contributed by atoms with E-state index in [-0.39, 0.29) is 18.9 Å². The Kier molecular flexibility index (Phi) is 8.38. The van der Waals surface area contributed by atoms with Crippen molar-refractivity contribution in [2.45, 2.75) is 57.6 Å². The predicted octanol–water partition coefficient (Wildman–Crippen LogP) is 5.02. The van der Waals surface area contributed by atoms with Crippen LogP contribution in [0.25, 0.3) is 11.1 Å². The minimum Gasteiger partial charge on any atom is -0.480 e. The molecule has 2 amide bonds. The fourth-order valence-corrected chi connectivity index (χ4v) is 4.25. The second kappa shape index (κ2) is 11.3. The van der Waals surface area contributed by atoms with E-state index in [1.165, 1.54) is 18.2 Å². The molecular weight excluding hydrogens is 448 g/mol. The number of benzene rings is 2. The van der Waals surface area contributed by atoms with E-state index in [1.807, 2.05) is 24.3 Å². The quantitative estimate of drug-likeness (QED) is 0.487.